The van der Waals surface area contributed by atoms with Gasteiger partial charge in [0.25, 0.3) is 0 Å². The van der Waals surface area contributed by atoms with Crippen LogP contribution in [0.25, 0.3) is 11.1 Å². The Hall–Kier alpha value is -2.37. The third-order valence-corrected chi connectivity index (χ3v) is 4.93. The maximum atomic E-state index is 12.7. The highest BCUT2D eigenvalue weighted by atomic mass is 16.3. The molecule has 4 rings (SSSR count). The zero-order valence-electron chi connectivity index (χ0n) is 14.6. The summed E-state index contributed by atoms with van der Waals surface area (Å²) < 4.78 is 5.80. The molecule has 1 aromatic heterocycles. The van der Waals surface area contributed by atoms with Gasteiger partial charge < -0.3 is 14.6 Å². The van der Waals surface area contributed by atoms with Crippen molar-refractivity contribution in [2.24, 2.45) is 5.92 Å². The number of anilines is 1. The lowest BCUT2D eigenvalue weighted by atomic mass is 10.1. The number of carbonyl (C=O) groups excluding carboxylic acids is 2. The molecule has 0 radical (unpaired) electrons. The topological polar surface area (TPSA) is 75.4 Å². The first-order chi connectivity index (χ1) is 12.0. The second kappa shape index (κ2) is 6.17. The molecule has 2 aliphatic rings. The zero-order valence-corrected chi connectivity index (χ0v) is 14.6. The Morgan fingerprint density at radius 2 is 2.08 bits per heavy atom. The van der Waals surface area contributed by atoms with Gasteiger partial charge in [0.1, 0.15) is 11.6 Å². The van der Waals surface area contributed by atoms with Gasteiger partial charge in [-0.25, -0.2) is 4.98 Å². The molecule has 1 saturated carbocycles. The van der Waals surface area contributed by atoms with Crippen LogP contribution in [0.2, 0.25) is 0 Å². The van der Waals surface area contributed by atoms with Crippen LogP contribution in [0.3, 0.4) is 0 Å². The minimum atomic E-state index is -0.387. The molecule has 2 aromatic rings. The quantitative estimate of drug-likeness (QED) is 0.926. The van der Waals surface area contributed by atoms with Crippen LogP contribution >= 0.6 is 0 Å². The SMILES string of the molecule is CC(C)C(=O)N1CCCC1C(=O)Nc1ccc2nc(C3CC3)oc2c1. The van der Waals surface area contributed by atoms with E-state index in [-0.39, 0.29) is 23.8 Å². The largest absolute Gasteiger partial charge is 0.440 e. The number of aromatic nitrogens is 1. The maximum Gasteiger partial charge on any atom is 0.247 e. The van der Waals surface area contributed by atoms with E-state index >= 15 is 0 Å². The maximum absolute atomic E-state index is 12.7. The number of rotatable bonds is 4. The van der Waals surface area contributed by atoms with Gasteiger partial charge >= 0.3 is 0 Å². The highest BCUT2D eigenvalue weighted by molar-refractivity contribution is 5.98. The average Bonchev–Trinajstić information content (AvgIpc) is 3.17. The van der Waals surface area contributed by atoms with E-state index < -0.39 is 0 Å². The molecule has 1 aromatic carbocycles. The average molecular weight is 341 g/mol. The molecule has 6 heteroatoms. The van der Waals surface area contributed by atoms with Crippen LogP contribution in [-0.2, 0) is 9.59 Å². The summed E-state index contributed by atoms with van der Waals surface area (Å²) in [6.07, 6.45) is 3.85. The van der Waals surface area contributed by atoms with Crippen molar-refractivity contribution in [2.45, 2.75) is 51.5 Å². The van der Waals surface area contributed by atoms with Gasteiger partial charge in [-0.3, -0.25) is 9.59 Å². The molecule has 1 unspecified atom stereocenters. The van der Waals surface area contributed by atoms with Gasteiger partial charge in [-0.15, -0.1) is 0 Å². The van der Waals surface area contributed by atoms with Crippen molar-refractivity contribution in [1.29, 1.82) is 0 Å². The van der Waals surface area contributed by atoms with E-state index in [4.69, 9.17) is 4.42 Å². The lowest BCUT2D eigenvalue weighted by Gasteiger charge is -2.25. The molecule has 132 valence electrons. The van der Waals surface area contributed by atoms with Crippen LogP contribution < -0.4 is 5.32 Å². The van der Waals surface area contributed by atoms with Crippen molar-refractivity contribution in [3.8, 4) is 0 Å². The van der Waals surface area contributed by atoms with Crippen LogP contribution in [0.15, 0.2) is 22.6 Å². The summed E-state index contributed by atoms with van der Waals surface area (Å²) in [5.74, 6) is 1.06. The Morgan fingerprint density at radius 3 is 2.80 bits per heavy atom. The number of hydrogen-bond donors (Lipinski definition) is 1. The van der Waals surface area contributed by atoms with Crippen molar-refractivity contribution in [3.05, 3.63) is 24.1 Å². The third-order valence-electron chi connectivity index (χ3n) is 4.93. The molecule has 2 fully saturated rings. The Morgan fingerprint density at radius 1 is 1.28 bits per heavy atom. The van der Waals surface area contributed by atoms with E-state index in [0.717, 1.165) is 30.7 Å². The van der Waals surface area contributed by atoms with Gasteiger partial charge in [-0.05, 0) is 37.8 Å². The standard InChI is InChI=1S/C19H23N3O3/c1-11(2)19(24)22-9-3-4-15(22)17(23)20-13-7-8-14-16(10-13)25-18(21-14)12-5-6-12/h7-8,10-12,15H,3-6,9H2,1-2H3,(H,20,23). The predicted octanol–water partition coefficient (Wildman–Crippen LogP) is 3.29. The van der Waals surface area contributed by atoms with Crippen molar-refractivity contribution < 1.29 is 14.0 Å². The van der Waals surface area contributed by atoms with Gasteiger partial charge in [-0.1, -0.05) is 13.8 Å². The fourth-order valence-electron chi connectivity index (χ4n) is 3.39. The molecule has 0 spiro atoms. The Labute approximate surface area is 146 Å². The molecule has 1 aliphatic carbocycles. The second-order valence-corrected chi connectivity index (χ2v) is 7.34. The first kappa shape index (κ1) is 16.1. The van der Waals surface area contributed by atoms with E-state index in [1.807, 2.05) is 32.0 Å². The van der Waals surface area contributed by atoms with Crippen LogP contribution in [-0.4, -0.2) is 34.3 Å². The first-order valence-electron chi connectivity index (χ1n) is 9.05. The van der Waals surface area contributed by atoms with Gasteiger partial charge in [-0.2, -0.15) is 0 Å². The normalized spacial score (nSPS) is 20.4. The lowest BCUT2D eigenvalue weighted by molar-refractivity contribution is -0.139. The number of oxazole rings is 1. The van der Waals surface area contributed by atoms with Crippen molar-refractivity contribution in [3.63, 3.8) is 0 Å². The van der Waals surface area contributed by atoms with E-state index in [1.54, 1.807) is 4.90 Å². The predicted molar refractivity (Wildman–Crippen MR) is 94.2 cm³/mol. The van der Waals surface area contributed by atoms with Crippen LogP contribution in [0, 0.1) is 5.92 Å². The molecule has 2 amide bonds. The Balaban J connectivity index is 1.50. The lowest BCUT2D eigenvalue weighted by Crippen LogP contribution is -2.44. The Bertz CT molecular complexity index is 822. The minimum absolute atomic E-state index is 0.0393. The molecular formula is C19H23N3O3. The van der Waals surface area contributed by atoms with E-state index in [0.29, 0.717) is 30.2 Å². The number of carbonyl (C=O) groups is 2. The van der Waals surface area contributed by atoms with Crippen LogP contribution in [0.4, 0.5) is 5.69 Å². The van der Waals surface area contributed by atoms with E-state index in [1.165, 1.54) is 0 Å². The summed E-state index contributed by atoms with van der Waals surface area (Å²) in [6.45, 7) is 4.39. The minimum Gasteiger partial charge on any atom is -0.440 e. The number of nitrogens with zero attached hydrogens (tertiary/aromatic N) is 2. The molecular weight excluding hydrogens is 318 g/mol. The number of amides is 2. The summed E-state index contributed by atoms with van der Waals surface area (Å²) in [4.78, 5) is 31.1. The smallest absolute Gasteiger partial charge is 0.247 e. The third kappa shape index (κ3) is 3.13. The number of fused-ring (bicyclic) bond motifs is 1. The van der Waals surface area contributed by atoms with Crippen LogP contribution in [0.5, 0.6) is 0 Å². The van der Waals surface area contributed by atoms with Crippen molar-refractivity contribution in [2.75, 3.05) is 11.9 Å². The fraction of sp³-hybridized carbons (Fsp3) is 0.526. The van der Waals surface area contributed by atoms with Crippen LogP contribution in [0.1, 0.15) is 51.3 Å². The number of likely N-dealkylation sites (tertiary alicyclic amines) is 1. The molecule has 1 atom stereocenters. The highest BCUT2D eigenvalue weighted by Gasteiger charge is 2.35. The molecule has 0 bridgehead atoms. The van der Waals surface area contributed by atoms with Crippen molar-refractivity contribution >= 4 is 28.6 Å². The summed E-state index contributed by atoms with van der Waals surface area (Å²) in [6, 6.07) is 5.13. The number of hydrogen-bond acceptors (Lipinski definition) is 4. The summed E-state index contributed by atoms with van der Waals surface area (Å²) in [5.41, 5.74) is 2.19. The fourth-order valence-corrected chi connectivity index (χ4v) is 3.39. The molecule has 6 nitrogen and oxygen atoms in total. The Kier molecular flexibility index (Phi) is 3.98. The molecule has 1 saturated heterocycles. The zero-order chi connectivity index (χ0) is 17.6. The summed E-state index contributed by atoms with van der Waals surface area (Å²) >= 11 is 0. The monoisotopic (exact) mass is 341 g/mol. The van der Waals surface area contributed by atoms with Gasteiger partial charge in [0.15, 0.2) is 11.5 Å². The van der Waals surface area contributed by atoms with Gasteiger partial charge in [0, 0.05) is 30.1 Å². The van der Waals surface area contributed by atoms with E-state index in [9.17, 15) is 9.59 Å². The summed E-state index contributed by atoms with van der Waals surface area (Å²) in [7, 11) is 0. The molecule has 1 N–H and O–H groups in total. The molecule has 1 aliphatic heterocycles. The van der Waals surface area contributed by atoms with Gasteiger partial charge in [0.2, 0.25) is 11.8 Å². The first-order valence-corrected chi connectivity index (χ1v) is 9.05. The van der Waals surface area contributed by atoms with Gasteiger partial charge in [0.05, 0.1) is 0 Å². The van der Waals surface area contributed by atoms with Crippen molar-refractivity contribution in [1.82, 2.24) is 9.88 Å². The van der Waals surface area contributed by atoms with E-state index in [2.05, 4.69) is 10.3 Å². The summed E-state index contributed by atoms with van der Waals surface area (Å²) in [5, 5.41) is 2.93. The molecule has 25 heavy (non-hydrogen) atoms. The number of benzene rings is 1. The molecule has 2 heterocycles. The second-order valence-electron chi connectivity index (χ2n) is 7.34. The highest BCUT2D eigenvalue weighted by Crippen LogP contribution is 2.40. The number of nitrogens with one attached hydrogen (secondary N) is 1.